The van der Waals surface area contributed by atoms with Crippen LogP contribution in [0.1, 0.15) is 20.8 Å². The SMILES string of the molecule is CC(C)(C)OC(=O)Nc1nc2ccc(-c3[nH]c4cc(Br)cc5c4c3NCCO5)cc2s1. The Morgan fingerprint density at radius 1 is 1.29 bits per heavy atom. The molecule has 1 aliphatic rings. The first kappa shape index (κ1) is 20.1. The smallest absolute Gasteiger partial charge is 0.413 e. The molecular formula is C22H21BrN4O3S. The average molecular weight is 501 g/mol. The highest BCUT2D eigenvalue weighted by molar-refractivity contribution is 9.10. The number of anilines is 2. The molecule has 0 unspecified atom stereocenters. The number of hydrogen-bond acceptors (Lipinski definition) is 6. The molecule has 7 nitrogen and oxygen atoms in total. The minimum absolute atomic E-state index is 0.508. The molecule has 1 amide bonds. The first-order chi connectivity index (χ1) is 14.8. The Bertz CT molecular complexity index is 1320. The Labute approximate surface area is 191 Å². The summed E-state index contributed by atoms with van der Waals surface area (Å²) in [5, 5.41) is 7.78. The van der Waals surface area contributed by atoms with E-state index < -0.39 is 11.7 Å². The van der Waals surface area contributed by atoms with Crippen LogP contribution in [-0.4, -0.2) is 34.8 Å². The van der Waals surface area contributed by atoms with Gasteiger partial charge in [0.15, 0.2) is 5.13 Å². The molecule has 160 valence electrons. The fraction of sp³-hybridized carbons (Fsp3) is 0.273. The van der Waals surface area contributed by atoms with E-state index in [4.69, 9.17) is 9.47 Å². The molecule has 0 saturated carbocycles. The van der Waals surface area contributed by atoms with E-state index in [0.29, 0.717) is 11.7 Å². The monoisotopic (exact) mass is 500 g/mol. The van der Waals surface area contributed by atoms with Gasteiger partial charge >= 0.3 is 6.09 Å². The van der Waals surface area contributed by atoms with Crippen LogP contribution >= 0.6 is 27.3 Å². The molecule has 2 aromatic heterocycles. The second-order valence-electron chi connectivity index (χ2n) is 8.31. The van der Waals surface area contributed by atoms with Crippen LogP contribution < -0.4 is 15.4 Å². The summed E-state index contributed by atoms with van der Waals surface area (Å²) in [4.78, 5) is 20.1. The number of nitrogens with zero attached hydrogens (tertiary/aromatic N) is 1. The van der Waals surface area contributed by atoms with Crippen LogP contribution in [0.4, 0.5) is 15.6 Å². The summed E-state index contributed by atoms with van der Waals surface area (Å²) in [6, 6.07) is 10.1. The molecule has 4 aromatic rings. The molecule has 0 aliphatic carbocycles. The van der Waals surface area contributed by atoms with Crippen LogP contribution in [0.25, 0.3) is 32.4 Å². The van der Waals surface area contributed by atoms with Crippen molar-refractivity contribution in [2.24, 2.45) is 0 Å². The quantitative estimate of drug-likeness (QED) is 0.298. The van der Waals surface area contributed by atoms with Crippen LogP contribution in [0.2, 0.25) is 0 Å². The number of aromatic nitrogens is 2. The third-order valence-electron chi connectivity index (χ3n) is 4.77. The third kappa shape index (κ3) is 3.95. The molecule has 0 radical (unpaired) electrons. The van der Waals surface area contributed by atoms with Crippen molar-refractivity contribution in [1.82, 2.24) is 9.97 Å². The Kier molecular flexibility index (Phi) is 4.82. The number of halogens is 1. The number of nitrogens with one attached hydrogen (secondary N) is 3. The minimum atomic E-state index is -0.561. The largest absolute Gasteiger partial charge is 0.491 e. The molecule has 0 atom stereocenters. The maximum absolute atomic E-state index is 12.1. The lowest BCUT2D eigenvalue weighted by Gasteiger charge is -2.18. The molecule has 3 heterocycles. The number of fused-ring (bicyclic) bond motifs is 1. The lowest BCUT2D eigenvalue weighted by Crippen LogP contribution is -2.27. The summed E-state index contributed by atoms with van der Waals surface area (Å²) >= 11 is 4.98. The number of carbonyl (C=O) groups is 1. The number of ether oxygens (including phenoxy) is 2. The molecule has 0 spiro atoms. The molecule has 1 aliphatic heterocycles. The zero-order chi connectivity index (χ0) is 21.8. The Hall–Kier alpha value is -2.78. The van der Waals surface area contributed by atoms with Gasteiger partial charge in [-0.05, 0) is 45.0 Å². The first-order valence-corrected chi connectivity index (χ1v) is 11.5. The molecule has 3 N–H and O–H groups in total. The minimum Gasteiger partial charge on any atom is -0.491 e. The summed E-state index contributed by atoms with van der Waals surface area (Å²) < 4.78 is 13.2. The molecule has 9 heteroatoms. The molecular weight excluding hydrogens is 480 g/mol. The molecule has 0 saturated heterocycles. The van der Waals surface area contributed by atoms with E-state index in [-0.39, 0.29) is 0 Å². The number of hydrogen-bond donors (Lipinski definition) is 3. The lowest BCUT2D eigenvalue weighted by molar-refractivity contribution is 0.0636. The van der Waals surface area contributed by atoms with Crippen molar-refractivity contribution in [2.75, 3.05) is 23.8 Å². The van der Waals surface area contributed by atoms with Gasteiger partial charge in [0.1, 0.15) is 18.0 Å². The van der Waals surface area contributed by atoms with Gasteiger partial charge < -0.3 is 19.8 Å². The lowest BCUT2D eigenvalue weighted by atomic mass is 10.1. The standard InChI is InChI=1S/C22H21BrN4O3S/c1-22(2,3)30-21(28)27-20-26-13-5-4-11(8-16(13)31-20)18-19-17-14(25-18)9-12(23)10-15(17)29-7-6-24-19/h4-5,8-10,24-25H,6-7H2,1-3H3,(H,26,27,28). The van der Waals surface area contributed by atoms with Gasteiger partial charge in [0, 0.05) is 16.6 Å². The Morgan fingerprint density at radius 2 is 2.13 bits per heavy atom. The van der Waals surface area contributed by atoms with Crippen molar-refractivity contribution >= 4 is 65.3 Å². The fourth-order valence-electron chi connectivity index (χ4n) is 3.63. The van der Waals surface area contributed by atoms with Gasteiger partial charge in [-0.3, -0.25) is 5.32 Å². The van der Waals surface area contributed by atoms with Gasteiger partial charge in [0.25, 0.3) is 0 Å². The van der Waals surface area contributed by atoms with Gasteiger partial charge in [-0.15, -0.1) is 0 Å². The molecule has 0 bridgehead atoms. The topological polar surface area (TPSA) is 88.3 Å². The van der Waals surface area contributed by atoms with Gasteiger partial charge in [-0.1, -0.05) is 33.3 Å². The van der Waals surface area contributed by atoms with Crippen molar-refractivity contribution in [3.63, 3.8) is 0 Å². The van der Waals surface area contributed by atoms with Crippen LogP contribution in [0, 0.1) is 0 Å². The van der Waals surface area contributed by atoms with E-state index in [2.05, 4.69) is 48.7 Å². The number of amides is 1. The van der Waals surface area contributed by atoms with Crippen LogP contribution in [0.5, 0.6) is 5.75 Å². The highest BCUT2D eigenvalue weighted by atomic mass is 79.9. The van der Waals surface area contributed by atoms with Crippen LogP contribution in [-0.2, 0) is 4.74 Å². The van der Waals surface area contributed by atoms with E-state index in [1.807, 2.05) is 39.0 Å². The Morgan fingerprint density at radius 3 is 2.94 bits per heavy atom. The normalized spacial score (nSPS) is 13.5. The van der Waals surface area contributed by atoms with Gasteiger partial charge in [-0.2, -0.15) is 0 Å². The fourth-order valence-corrected chi connectivity index (χ4v) is 4.96. The molecule has 31 heavy (non-hydrogen) atoms. The third-order valence-corrected chi connectivity index (χ3v) is 6.16. The van der Waals surface area contributed by atoms with E-state index in [0.717, 1.165) is 54.8 Å². The predicted molar refractivity (Wildman–Crippen MR) is 128 cm³/mol. The van der Waals surface area contributed by atoms with Crippen LogP contribution in [0.15, 0.2) is 34.8 Å². The van der Waals surface area contributed by atoms with Crippen molar-refractivity contribution in [1.29, 1.82) is 0 Å². The second kappa shape index (κ2) is 7.42. The summed E-state index contributed by atoms with van der Waals surface area (Å²) in [5.74, 6) is 0.856. The second-order valence-corrected chi connectivity index (χ2v) is 10.3. The number of H-pyrrole nitrogens is 1. The highest BCUT2D eigenvalue weighted by Gasteiger charge is 2.21. The van der Waals surface area contributed by atoms with Crippen molar-refractivity contribution in [3.8, 4) is 17.0 Å². The number of benzene rings is 2. The van der Waals surface area contributed by atoms with Crippen LogP contribution in [0.3, 0.4) is 0 Å². The van der Waals surface area contributed by atoms with Crippen molar-refractivity contribution < 1.29 is 14.3 Å². The molecule has 5 rings (SSSR count). The number of aromatic amines is 1. The highest BCUT2D eigenvalue weighted by Crippen LogP contribution is 2.43. The number of carbonyl (C=O) groups excluding carboxylic acids is 1. The summed E-state index contributed by atoms with van der Waals surface area (Å²) in [6.07, 6.45) is -0.509. The zero-order valence-corrected chi connectivity index (χ0v) is 19.7. The van der Waals surface area contributed by atoms with E-state index in [1.54, 1.807) is 0 Å². The molecule has 2 aromatic carbocycles. The van der Waals surface area contributed by atoms with Crippen molar-refractivity contribution in [3.05, 3.63) is 34.8 Å². The van der Waals surface area contributed by atoms with Crippen molar-refractivity contribution in [2.45, 2.75) is 26.4 Å². The average Bonchev–Trinajstić information content (AvgIpc) is 3.15. The summed E-state index contributed by atoms with van der Waals surface area (Å²) in [5.41, 5.74) is 4.32. The number of thiazole rings is 1. The van der Waals surface area contributed by atoms with E-state index >= 15 is 0 Å². The maximum Gasteiger partial charge on any atom is 0.413 e. The first-order valence-electron chi connectivity index (χ1n) is 9.90. The Balaban J connectivity index is 1.53. The van der Waals surface area contributed by atoms with E-state index in [9.17, 15) is 4.79 Å². The van der Waals surface area contributed by atoms with Gasteiger partial charge in [0.2, 0.25) is 0 Å². The summed E-state index contributed by atoms with van der Waals surface area (Å²) in [7, 11) is 0. The van der Waals surface area contributed by atoms with Gasteiger partial charge in [-0.25, -0.2) is 9.78 Å². The van der Waals surface area contributed by atoms with Gasteiger partial charge in [0.05, 0.1) is 32.5 Å². The summed E-state index contributed by atoms with van der Waals surface area (Å²) in [6.45, 7) is 6.81. The predicted octanol–water partition coefficient (Wildman–Crippen LogP) is 6.36. The molecule has 0 fully saturated rings. The van der Waals surface area contributed by atoms with E-state index in [1.165, 1.54) is 11.3 Å². The zero-order valence-electron chi connectivity index (χ0n) is 17.3. The number of rotatable bonds is 2. The maximum atomic E-state index is 12.1.